The van der Waals surface area contributed by atoms with Gasteiger partial charge in [-0.25, -0.2) is 4.68 Å². The largest absolute Gasteiger partial charge is 0.493 e. The van der Waals surface area contributed by atoms with E-state index in [9.17, 15) is 14.7 Å². The molecule has 0 aliphatic heterocycles. The number of nitrogens with zero attached hydrogens (tertiary/aromatic N) is 1. The molecule has 1 aromatic rings. The van der Waals surface area contributed by atoms with Crippen molar-refractivity contribution in [2.75, 3.05) is 5.84 Å². The van der Waals surface area contributed by atoms with Gasteiger partial charge in [0.1, 0.15) is 0 Å². The predicted molar refractivity (Wildman–Crippen MR) is 62.9 cm³/mol. The summed E-state index contributed by atoms with van der Waals surface area (Å²) < 4.78 is 0.741. The predicted octanol–water partition coefficient (Wildman–Crippen LogP) is 0.123. The van der Waals surface area contributed by atoms with Crippen LogP contribution in [0, 0.1) is 4.77 Å². The molecule has 0 saturated heterocycles. The van der Waals surface area contributed by atoms with Crippen molar-refractivity contribution < 1.29 is 15.0 Å². The summed E-state index contributed by atoms with van der Waals surface area (Å²) in [5.74, 6) is 4.13. The molecular formula is C9H13N3O4S. The zero-order chi connectivity index (χ0) is 13.0. The van der Waals surface area contributed by atoms with Crippen LogP contribution in [0.25, 0.3) is 0 Å². The quantitative estimate of drug-likeness (QED) is 0.338. The van der Waals surface area contributed by atoms with E-state index in [1.54, 1.807) is 0 Å². The Bertz CT molecular complexity index is 534. The first kappa shape index (κ1) is 13.2. The molecule has 0 spiro atoms. The number of nitrogens with one attached hydrogen (secondary N) is 1. The molecule has 1 aromatic heterocycles. The highest BCUT2D eigenvalue weighted by Crippen LogP contribution is 2.13. The number of hydrogen-bond acceptors (Lipinski definition) is 5. The third kappa shape index (κ3) is 3.31. The van der Waals surface area contributed by atoms with Crippen LogP contribution >= 0.6 is 12.2 Å². The molecule has 17 heavy (non-hydrogen) atoms. The Balaban J connectivity index is 2.78. The highest BCUT2D eigenvalue weighted by atomic mass is 32.1. The number of carbonyl (C=O) groups is 1. The number of H-pyrrole nitrogens is 1. The summed E-state index contributed by atoms with van der Waals surface area (Å²) >= 11 is 4.70. The van der Waals surface area contributed by atoms with E-state index < -0.39 is 11.5 Å². The van der Waals surface area contributed by atoms with E-state index in [1.807, 2.05) is 0 Å². The van der Waals surface area contributed by atoms with Gasteiger partial charge in [0.15, 0.2) is 0 Å². The van der Waals surface area contributed by atoms with Crippen molar-refractivity contribution in [1.29, 1.82) is 0 Å². The van der Waals surface area contributed by atoms with Crippen LogP contribution in [0.3, 0.4) is 0 Å². The second kappa shape index (κ2) is 5.48. The Morgan fingerprint density at radius 2 is 2.12 bits per heavy atom. The Labute approximate surface area is 101 Å². The van der Waals surface area contributed by atoms with Crippen LogP contribution < -0.4 is 11.4 Å². The average Bonchev–Trinajstić information content (AvgIpc) is 2.24. The average molecular weight is 259 g/mol. The van der Waals surface area contributed by atoms with Crippen LogP contribution in [-0.2, 0) is 11.2 Å². The minimum atomic E-state index is -0.891. The zero-order valence-electron chi connectivity index (χ0n) is 8.97. The number of unbranched alkanes of at least 4 members (excludes halogenated alkanes) is 1. The second-order valence-corrected chi connectivity index (χ2v) is 3.92. The molecule has 7 nitrogen and oxygen atoms in total. The van der Waals surface area contributed by atoms with Crippen molar-refractivity contribution in [2.24, 2.45) is 0 Å². The lowest BCUT2D eigenvalue weighted by Crippen LogP contribution is -2.22. The Morgan fingerprint density at radius 3 is 2.71 bits per heavy atom. The Hall–Kier alpha value is -1.83. The van der Waals surface area contributed by atoms with Gasteiger partial charge in [0.05, 0.1) is 5.56 Å². The molecule has 0 aromatic carbocycles. The maximum absolute atomic E-state index is 11.5. The van der Waals surface area contributed by atoms with Gasteiger partial charge in [-0.3, -0.25) is 14.6 Å². The van der Waals surface area contributed by atoms with Crippen molar-refractivity contribution in [3.63, 3.8) is 0 Å². The van der Waals surface area contributed by atoms with Gasteiger partial charge in [-0.05, 0) is 31.5 Å². The second-order valence-electron chi connectivity index (χ2n) is 3.53. The number of aliphatic carboxylic acids is 1. The summed E-state index contributed by atoms with van der Waals surface area (Å²) in [6, 6.07) is 0. The summed E-state index contributed by atoms with van der Waals surface area (Å²) in [6.45, 7) is 0. The first-order valence-electron chi connectivity index (χ1n) is 4.97. The van der Waals surface area contributed by atoms with Gasteiger partial charge in [0.25, 0.3) is 5.56 Å². The minimum absolute atomic E-state index is 0.0282. The maximum atomic E-state index is 11.5. The lowest BCUT2D eigenvalue weighted by molar-refractivity contribution is -0.137. The molecule has 94 valence electrons. The molecule has 0 amide bonds. The minimum Gasteiger partial charge on any atom is -0.493 e. The van der Waals surface area contributed by atoms with Crippen LogP contribution in [0.1, 0.15) is 24.8 Å². The Morgan fingerprint density at radius 1 is 1.47 bits per heavy atom. The van der Waals surface area contributed by atoms with Crippen molar-refractivity contribution in [3.8, 4) is 5.88 Å². The number of aromatic nitrogens is 2. The molecule has 0 aliphatic rings. The van der Waals surface area contributed by atoms with E-state index in [0.717, 1.165) is 4.68 Å². The molecule has 0 unspecified atom stereocenters. The van der Waals surface area contributed by atoms with Gasteiger partial charge in [0, 0.05) is 6.42 Å². The van der Waals surface area contributed by atoms with Crippen LogP contribution in [0.15, 0.2) is 4.79 Å². The molecule has 8 heteroatoms. The fourth-order valence-electron chi connectivity index (χ4n) is 1.38. The molecule has 0 aliphatic carbocycles. The lowest BCUT2D eigenvalue weighted by Gasteiger charge is -2.07. The van der Waals surface area contributed by atoms with E-state index in [4.69, 9.17) is 23.2 Å². The third-order valence-corrected chi connectivity index (χ3v) is 2.58. The standard InChI is InChI=1S/C9H13N3O4S/c10-12-8(16)5(7(15)11-9(12)17)3-1-2-4-6(13)14/h16H,1-4,10H2,(H,13,14)(H,11,15,17). The van der Waals surface area contributed by atoms with Gasteiger partial charge < -0.3 is 16.1 Å². The molecule has 0 saturated carbocycles. The normalized spacial score (nSPS) is 10.4. The molecule has 0 fully saturated rings. The number of carboxylic acid groups (broad SMARTS) is 1. The van der Waals surface area contributed by atoms with Gasteiger partial charge in [0.2, 0.25) is 10.7 Å². The highest BCUT2D eigenvalue weighted by molar-refractivity contribution is 7.71. The summed E-state index contributed by atoms with van der Waals surface area (Å²) in [4.78, 5) is 24.1. The van der Waals surface area contributed by atoms with E-state index in [-0.39, 0.29) is 29.1 Å². The van der Waals surface area contributed by atoms with Crippen LogP contribution in [-0.4, -0.2) is 25.8 Å². The molecule has 0 atom stereocenters. The van der Waals surface area contributed by atoms with Gasteiger partial charge in [-0.1, -0.05) is 0 Å². The van der Waals surface area contributed by atoms with Gasteiger partial charge >= 0.3 is 5.97 Å². The Kier molecular flexibility index (Phi) is 4.27. The molecule has 1 rings (SSSR count). The first-order valence-corrected chi connectivity index (χ1v) is 5.38. The summed E-state index contributed by atoms with van der Waals surface area (Å²) in [5.41, 5.74) is -0.379. The molecule has 0 radical (unpaired) electrons. The molecule has 0 bridgehead atoms. The summed E-state index contributed by atoms with van der Waals surface area (Å²) in [6.07, 6.45) is 1.18. The SMILES string of the molecule is Nn1c(O)c(CCCCC(=O)O)c(=O)[nH]c1=S. The zero-order valence-corrected chi connectivity index (χ0v) is 9.79. The van der Waals surface area contributed by atoms with Crippen molar-refractivity contribution in [3.05, 3.63) is 20.7 Å². The van der Waals surface area contributed by atoms with Crippen LogP contribution in [0.5, 0.6) is 5.88 Å². The van der Waals surface area contributed by atoms with Crippen molar-refractivity contribution in [2.45, 2.75) is 25.7 Å². The molecular weight excluding hydrogens is 246 g/mol. The number of hydrogen-bond donors (Lipinski definition) is 4. The number of nitrogen functional groups attached to an aromatic ring is 1. The third-order valence-electron chi connectivity index (χ3n) is 2.28. The van der Waals surface area contributed by atoms with Gasteiger partial charge in [-0.15, -0.1) is 0 Å². The van der Waals surface area contributed by atoms with E-state index in [2.05, 4.69) is 4.98 Å². The number of rotatable bonds is 5. The van der Waals surface area contributed by atoms with Crippen molar-refractivity contribution in [1.82, 2.24) is 9.66 Å². The van der Waals surface area contributed by atoms with Crippen LogP contribution in [0.2, 0.25) is 0 Å². The summed E-state index contributed by atoms with van der Waals surface area (Å²) in [5, 5.41) is 18.0. The molecule has 1 heterocycles. The monoisotopic (exact) mass is 259 g/mol. The van der Waals surface area contributed by atoms with E-state index >= 15 is 0 Å². The molecule has 5 N–H and O–H groups in total. The van der Waals surface area contributed by atoms with E-state index in [0.29, 0.717) is 12.8 Å². The number of aromatic hydroxyl groups is 1. The van der Waals surface area contributed by atoms with E-state index in [1.165, 1.54) is 0 Å². The number of aromatic amines is 1. The fraction of sp³-hybridized carbons (Fsp3) is 0.444. The number of carboxylic acids is 1. The first-order chi connectivity index (χ1) is 7.93. The highest BCUT2D eigenvalue weighted by Gasteiger charge is 2.10. The van der Waals surface area contributed by atoms with Gasteiger partial charge in [-0.2, -0.15) is 0 Å². The number of nitrogens with two attached hydrogens (primary N) is 1. The lowest BCUT2D eigenvalue weighted by atomic mass is 10.1. The maximum Gasteiger partial charge on any atom is 0.303 e. The van der Waals surface area contributed by atoms with Crippen LogP contribution in [0.4, 0.5) is 0 Å². The smallest absolute Gasteiger partial charge is 0.303 e. The topological polar surface area (TPSA) is 121 Å². The summed E-state index contributed by atoms with van der Waals surface area (Å²) in [7, 11) is 0. The van der Waals surface area contributed by atoms with Crippen molar-refractivity contribution >= 4 is 18.2 Å². The fourth-order valence-corrected chi connectivity index (χ4v) is 1.56.